The summed E-state index contributed by atoms with van der Waals surface area (Å²) in [7, 11) is 1.63. The van der Waals surface area contributed by atoms with E-state index in [1.54, 1.807) is 7.11 Å². The lowest BCUT2D eigenvalue weighted by atomic mass is 9.85. The number of carbonyl (C=O) groups excluding carboxylic acids is 1. The molecule has 0 radical (unpaired) electrons. The van der Waals surface area contributed by atoms with Crippen molar-refractivity contribution in [2.45, 2.75) is 46.2 Å². The second-order valence-corrected chi connectivity index (χ2v) is 6.21. The molecule has 4 heteroatoms. The summed E-state index contributed by atoms with van der Waals surface area (Å²) in [5, 5.41) is 2.97. The van der Waals surface area contributed by atoms with Crippen LogP contribution in [-0.2, 0) is 4.79 Å². The maximum absolute atomic E-state index is 12.1. The van der Waals surface area contributed by atoms with Gasteiger partial charge in [-0.1, -0.05) is 39.0 Å². The summed E-state index contributed by atoms with van der Waals surface area (Å²) in [5.74, 6) is 0.742. The van der Waals surface area contributed by atoms with Crippen molar-refractivity contribution in [2.24, 2.45) is 11.1 Å². The number of methoxy groups -OCH3 is 1. The topological polar surface area (TPSA) is 64.3 Å². The van der Waals surface area contributed by atoms with Crippen LogP contribution in [0.15, 0.2) is 24.3 Å². The maximum Gasteiger partial charge on any atom is 0.222 e. The van der Waals surface area contributed by atoms with Crippen LogP contribution >= 0.6 is 0 Å². The van der Waals surface area contributed by atoms with Gasteiger partial charge in [0.1, 0.15) is 5.75 Å². The molecule has 0 saturated carbocycles. The molecule has 1 amide bonds. The molecule has 1 rings (SSSR count). The van der Waals surface area contributed by atoms with Crippen molar-refractivity contribution in [1.29, 1.82) is 0 Å². The lowest BCUT2D eigenvalue weighted by Gasteiger charge is -2.27. The van der Waals surface area contributed by atoms with Crippen molar-refractivity contribution in [3.05, 3.63) is 29.8 Å². The Kier molecular flexibility index (Phi) is 5.57. The van der Waals surface area contributed by atoms with Crippen molar-refractivity contribution >= 4 is 5.91 Å². The number of rotatable bonds is 5. The number of para-hydroxylation sites is 1. The molecule has 0 aliphatic heterocycles. The highest BCUT2D eigenvalue weighted by atomic mass is 16.5. The van der Waals surface area contributed by atoms with E-state index in [4.69, 9.17) is 10.5 Å². The number of nitrogens with one attached hydrogen (secondary N) is 1. The van der Waals surface area contributed by atoms with Crippen LogP contribution in [0.25, 0.3) is 0 Å². The van der Waals surface area contributed by atoms with E-state index in [-0.39, 0.29) is 23.4 Å². The molecule has 0 aliphatic carbocycles. The van der Waals surface area contributed by atoms with Gasteiger partial charge in [-0.2, -0.15) is 0 Å². The molecule has 0 heterocycles. The highest BCUT2D eigenvalue weighted by Gasteiger charge is 2.24. The predicted molar refractivity (Wildman–Crippen MR) is 81.6 cm³/mol. The Hall–Kier alpha value is -1.55. The Morgan fingerprint density at radius 2 is 1.95 bits per heavy atom. The SMILES string of the molecule is COc1ccccc1[C@H](C)NC(=O)CC(N)C(C)(C)C. The number of hydrogen-bond acceptors (Lipinski definition) is 3. The van der Waals surface area contributed by atoms with Crippen molar-refractivity contribution in [3.63, 3.8) is 0 Å². The average molecular weight is 278 g/mol. The van der Waals surface area contributed by atoms with Crippen LogP contribution in [0.4, 0.5) is 0 Å². The minimum atomic E-state index is -0.160. The van der Waals surface area contributed by atoms with Gasteiger partial charge in [0.15, 0.2) is 0 Å². The first-order chi connectivity index (χ1) is 9.25. The number of nitrogens with two attached hydrogens (primary N) is 1. The number of carbonyl (C=O) groups is 1. The summed E-state index contributed by atoms with van der Waals surface area (Å²) in [5.41, 5.74) is 6.92. The summed E-state index contributed by atoms with van der Waals surface area (Å²) >= 11 is 0. The third-order valence-electron chi connectivity index (χ3n) is 3.50. The van der Waals surface area contributed by atoms with Crippen LogP contribution < -0.4 is 15.8 Å². The molecule has 4 nitrogen and oxygen atoms in total. The predicted octanol–water partition coefficient (Wildman–Crippen LogP) is 2.64. The Morgan fingerprint density at radius 1 is 1.35 bits per heavy atom. The fourth-order valence-electron chi connectivity index (χ4n) is 1.91. The van der Waals surface area contributed by atoms with E-state index in [0.29, 0.717) is 6.42 Å². The van der Waals surface area contributed by atoms with Crippen LogP contribution in [0.3, 0.4) is 0 Å². The Labute approximate surface area is 121 Å². The van der Waals surface area contributed by atoms with E-state index >= 15 is 0 Å². The molecular formula is C16H26N2O2. The second-order valence-electron chi connectivity index (χ2n) is 6.21. The fraction of sp³-hybridized carbons (Fsp3) is 0.562. The molecule has 3 N–H and O–H groups in total. The van der Waals surface area contributed by atoms with E-state index < -0.39 is 0 Å². The summed E-state index contributed by atoms with van der Waals surface area (Å²) in [6, 6.07) is 7.42. The molecule has 0 aromatic heterocycles. The molecule has 112 valence electrons. The highest BCUT2D eigenvalue weighted by Crippen LogP contribution is 2.25. The summed E-state index contributed by atoms with van der Waals surface area (Å²) in [4.78, 5) is 12.1. The molecule has 20 heavy (non-hydrogen) atoms. The van der Waals surface area contributed by atoms with Gasteiger partial charge in [0.2, 0.25) is 5.91 Å². The highest BCUT2D eigenvalue weighted by molar-refractivity contribution is 5.77. The zero-order valence-corrected chi connectivity index (χ0v) is 13.1. The lowest BCUT2D eigenvalue weighted by molar-refractivity contribution is -0.122. The van der Waals surface area contributed by atoms with Gasteiger partial charge in [-0.05, 0) is 18.4 Å². The van der Waals surface area contributed by atoms with E-state index in [9.17, 15) is 4.79 Å². The standard InChI is InChI=1S/C16H26N2O2/c1-11(12-8-6-7-9-13(12)20-5)18-15(19)10-14(17)16(2,3)4/h6-9,11,14H,10,17H2,1-5H3,(H,18,19)/t11-,14?/m0/s1. The van der Waals surface area contributed by atoms with Gasteiger partial charge in [0, 0.05) is 18.0 Å². The van der Waals surface area contributed by atoms with Crippen LogP contribution in [-0.4, -0.2) is 19.1 Å². The Balaban J connectivity index is 2.66. The minimum absolute atomic E-state index is 0.0363. The normalized spacial score (nSPS) is 14.5. The van der Waals surface area contributed by atoms with E-state index in [0.717, 1.165) is 11.3 Å². The van der Waals surface area contributed by atoms with Crippen LogP contribution in [0.5, 0.6) is 5.75 Å². The van der Waals surface area contributed by atoms with Crippen LogP contribution in [0.2, 0.25) is 0 Å². The van der Waals surface area contributed by atoms with Crippen LogP contribution in [0, 0.1) is 5.41 Å². The van der Waals surface area contributed by atoms with E-state index in [2.05, 4.69) is 5.32 Å². The smallest absolute Gasteiger partial charge is 0.222 e. The molecule has 1 aromatic rings. The zero-order valence-electron chi connectivity index (χ0n) is 13.1. The first-order valence-corrected chi connectivity index (χ1v) is 6.93. The molecule has 1 aromatic carbocycles. The lowest BCUT2D eigenvalue weighted by Crippen LogP contribution is -2.40. The molecule has 0 bridgehead atoms. The van der Waals surface area contributed by atoms with E-state index in [1.807, 2.05) is 52.0 Å². The van der Waals surface area contributed by atoms with Gasteiger partial charge < -0.3 is 15.8 Å². The Morgan fingerprint density at radius 3 is 2.50 bits per heavy atom. The molecule has 0 saturated heterocycles. The minimum Gasteiger partial charge on any atom is -0.496 e. The van der Waals surface area contributed by atoms with E-state index in [1.165, 1.54) is 0 Å². The Bertz CT molecular complexity index is 452. The summed E-state index contributed by atoms with van der Waals surface area (Å²) in [6.07, 6.45) is 0.322. The van der Waals surface area contributed by atoms with Gasteiger partial charge in [-0.15, -0.1) is 0 Å². The van der Waals surface area contributed by atoms with Crippen molar-refractivity contribution < 1.29 is 9.53 Å². The first-order valence-electron chi connectivity index (χ1n) is 6.93. The number of amides is 1. The van der Waals surface area contributed by atoms with Gasteiger partial charge in [-0.25, -0.2) is 0 Å². The number of hydrogen-bond donors (Lipinski definition) is 2. The largest absolute Gasteiger partial charge is 0.496 e. The quantitative estimate of drug-likeness (QED) is 0.870. The molecule has 0 aliphatic rings. The van der Waals surface area contributed by atoms with Gasteiger partial charge in [0.25, 0.3) is 0 Å². The molecular weight excluding hydrogens is 252 g/mol. The zero-order chi connectivity index (χ0) is 15.3. The molecule has 1 unspecified atom stereocenters. The summed E-state index contributed by atoms with van der Waals surface area (Å²) in [6.45, 7) is 8.05. The van der Waals surface area contributed by atoms with Crippen molar-refractivity contribution in [2.75, 3.05) is 7.11 Å². The van der Waals surface area contributed by atoms with Gasteiger partial charge in [-0.3, -0.25) is 4.79 Å². The van der Waals surface area contributed by atoms with Crippen LogP contribution in [0.1, 0.15) is 45.7 Å². The molecule has 0 fully saturated rings. The number of benzene rings is 1. The molecule has 0 spiro atoms. The number of ether oxygens (including phenoxy) is 1. The maximum atomic E-state index is 12.1. The third kappa shape index (κ3) is 4.53. The van der Waals surface area contributed by atoms with Crippen molar-refractivity contribution in [1.82, 2.24) is 5.32 Å². The second kappa shape index (κ2) is 6.75. The fourth-order valence-corrected chi connectivity index (χ4v) is 1.91. The van der Waals surface area contributed by atoms with Crippen molar-refractivity contribution in [3.8, 4) is 5.75 Å². The average Bonchev–Trinajstić information content (AvgIpc) is 2.37. The molecule has 2 atom stereocenters. The van der Waals surface area contributed by atoms with Gasteiger partial charge in [0.05, 0.1) is 13.2 Å². The van der Waals surface area contributed by atoms with Gasteiger partial charge >= 0.3 is 0 Å². The monoisotopic (exact) mass is 278 g/mol. The summed E-state index contributed by atoms with van der Waals surface area (Å²) < 4.78 is 5.31. The third-order valence-corrected chi connectivity index (χ3v) is 3.50. The first kappa shape index (κ1) is 16.5.